The van der Waals surface area contributed by atoms with Crippen LogP contribution in [0, 0.1) is 0 Å². The molecule has 1 aromatic heterocycles. The highest BCUT2D eigenvalue weighted by molar-refractivity contribution is 9.10. The van der Waals surface area contributed by atoms with Crippen LogP contribution in [0.2, 0.25) is 0 Å². The van der Waals surface area contributed by atoms with Gasteiger partial charge in [-0.25, -0.2) is 4.98 Å². The van der Waals surface area contributed by atoms with Gasteiger partial charge in [0.15, 0.2) is 5.13 Å². The number of thiazole rings is 1. The Labute approximate surface area is 152 Å². The van der Waals surface area contributed by atoms with Crippen molar-refractivity contribution in [2.45, 2.75) is 6.42 Å². The van der Waals surface area contributed by atoms with Gasteiger partial charge in [-0.15, -0.1) is 11.3 Å². The fraction of sp³-hybridized carbons (Fsp3) is 0.111. The van der Waals surface area contributed by atoms with Crippen molar-refractivity contribution in [3.8, 4) is 17.0 Å². The number of rotatable bonds is 5. The van der Waals surface area contributed by atoms with E-state index in [0.29, 0.717) is 11.6 Å². The molecule has 0 saturated carbocycles. The highest BCUT2D eigenvalue weighted by atomic mass is 79.9. The molecule has 24 heavy (non-hydrogen) atoms. The first-order valence-corrected chi connectivity index (χ1v) is 8.96. The molecule has 0 atom stereocenters. The number of para-hydroxylation sites is 1. The van der Waals surface area contributed by atoms with Crippen LogP contribution in [0.5, 0.6) is 5.75 Å². The molecule has 0 fully saturated rings. The molecule has 122 valence electrons. The second-order valence-corrected chi connectivity index (χ2v) is 6.87. The van der Waals surface area contributed by atoms with Gasteiger partial charge in [-0.05, 0) is 29.8 Å². The molecular formula is C18H15BrN2O2S. The molecular weight excluding hydrogens is 388 g/mol. The van der Waals surface area contributed by atoms with E-state index < -0.39 is 0 Å². The van der Waals surface area contributed by atoms with Gasteiger partial charge in [0.2, 0.25) is 5.91 Å². The lowest BCUT2D eigenvalue weighted by Crippen LogP contribution is -2.14. The maximum Gasteiger partial charge on any atom is 0.230 e. The molecule has 0 aliphatic heterocycles. The van der Waals surface area contributed by atoms with E-state index in [9.17, 15) is 4.79 Å². The molecule has 6 heteroatoms. The van der Waals surface area contributed by atoms with Crippen molar-refractivity contribution in [1.82, 2.24) is 4.98 Å². The van der Waals surface area contributed by atoms with Gasteiger partial charge in [-0.2, -0.15) is 0 Å². The van der Waals surface area contributed by atoms with Gasteiger partial charge >= 0.3 is 0 Å². The number of nitrogens with zero attached hydrogens (tertiary/aromatic N) is 1. The van der Waals surface area contributed by atoms with E-state index in [4.69, 9.17) is 4.74 Å². The highest BCUT2D eigenvalue weighted by Crippen LogP contribution is 2.31. The standard InChI is InChI=1S/C18H15BrN2O2S/c1-23-16-8-3-2-7-14(16)15-11-24-18(20-15)21-17(22)10-12-5-4-6-13(19)9-12/h2-9,11H,10H2,1H3,(H,20,21,22). The maximum atomic E-state index is 12.2. The fourth-order valence-electron chi connectivity index (χ4n) is 2.31. The fourth-order valence-corrected chi connectivity index (χ4v) is 3.48. The van der Waals surface area contributed by atoms with Gasteiger partial charge in [0.25, 0.3) is 0 Å². The predicted octanol–water partition coefficient (Wildman–Crippen LogP) is 4.76. The van der Waals surface area contributed by atoms with Crippen LogP contribution in [0.3, 0.4) is 0 Å². The van der Waals surface area contributed by atoms with E-state index >= 15 is 0 Å². The van der Waals surface area contributed by atoms with E-state index in [1.165, 1.54) is 11.3 Å². The zero-order chi connectivity index (χ0) is 16.9. The van der Waals surface area contributed by atoms with E-state index in [-0.39, 0.29) is 5.91 Å². The summed E-state index contributed by atoms with van der Waals surface area (Å²) in [5.74, 6) is 0.670. The van der Waals surface area contributed by atoms with Gasteiger partial charge in [0.1, 0.15) is 5.75 Å². The number of amides is 1. The Kier molecular flexibility index (Phi) is 5.27. The van der Waals surface area contributed by atoms with Crippen molar-refractivity contribution in [2.24, 2.45) is 0 Å². The predicted molar refractivity (Wildman–Crippen MR) is 101 cm³/mol. The Morgan fingerprint density at radius 1 is 1.25 bits per heavy atom. The van der Waals surface area contributed by atoms with Gasteiger partial charge in [0.05, 0.1) is 19.2 Å². The second kappa shape index (κ2) is 7.59. The molecule has 0 unspecified atom stereocenters. The number of carbonyl (C=O) groups is 1. The Morgan fingerprint density at radius 2 is 2.08 bits per heavy atom. The van der Waals surface area contributed by atoms with Gasteiger partial charge < -0.3 is 10.1 Å². The summed E-state index contributed by atoms with van der Waals surface area (Å²) in [6.45, 7) is 0. The molecule has 1 amide bonds. The molecule has 0 aliphatic rings. The third-order valence-electron chi connectivity index (χ3n) is 3.39. The number of benzene rings is 2. The van der Waals surface area contributed by atoms with Crippen LogP contribution >= 0.6 is 27.3 Å². The molecule has 0 spiro atoms. The Morgan fingerprint density at radius 3 is 2.88 bits per heavy atom. The van der Waals surface area contributed by atoms with Crippen LogP contribution < -0.4 is 10.1 Å². The smallest absolute Gasteiger partial charge is 0.230 e. The normalized spacial score (nSPS) is 10.4. The van der Waals surface area contributed by atoms with E-state index in [2.05, 4.69) is 26.2 Å². The summed E-state index contributed by atoms with van der Waals surface area (Å²) in [6.07, 6.45) is 0.309. The number of hydrogen-bond donors (Lipinski definition) is 1. The molecule has 2 aromatic carbocycles. The van der Waals surface area contributed by atoms with Crippen molar-refractivity contribution in [2.75, 3.05) is 12.4 Å². The zero-order valence-electron chi connectivity index (χ0n) is 13.0. The first-order chi connectivity index (χ1) is 11.7. The summed E-state index contributed by atoms with van der Waals surface area (Å²) in [6, 6.07) is 15.4. The maximum absolute atomic E-state index is 12.2. The first-order valence-electron chi connectivity index (χ1n) is 7.29. The highest BCUT2D eigenvalue weighted by Gasteiger charge is 2.11. The van der Waals surface area contributed by atoms with E-state index in [0.717, 1.165) is 27.0 Å². The lowest BCUT2D eigenvalue weighted by Gasteiger charge is -2.05. The summed E-state index contributed by atoms with van der Waals surface area (Å²) in [5, 5.41) is 5.34. The molecule has 3 aromatic rings. The Balaban J connectivity index is 1.71. The summed E-state index contributed by atoms with van der Waals surface area (Å²) in [7, 11) is 1.63. The minimum Gasteiger partial charge on any atom is -0.496 e. The lowest BCUT2D eigenvalue weighted by molar-refractivity contribution is -0.115. The summed E-state index contributed by atoms with van der Waals surface area (Å²) in [4.78, 5) is 16.7. The zero-order valence-corrected chi connectivity index (χ0v) is 15.4. The number of nitrogens with one attached hydrogen (secondary N) is 1. The molecule has 4 nitrogen and oxygen atoms in total. The average molecular weight is 403 g/mol. The van der Waals surface area contributed by atoms with Crippen molar-refractivity contribution < 1.29 is 9.53 Å². The van der Waals surface area contributed by atoms with Crippen LogP contribution in [0.25, 0.3) is 11.3 Å². The van der Waals surface area contributed by atoms with Crippen LogP contribution in [0.1, 0.15) is 5.56 Å². The largest absolute Gasteiger partial charge is 0.496 e. The molecule has 1 N–H and O–H groups in total. The monoisotopic (exact) mass is 402 g/mol. The number of anilines is 1. The third kappa shape index (κ3) is 4.01. The van der Waals surface area contributed by atoms with Crippen LogP contribution in [0.4, 0.5) is 5.13 Å². The van der Waals surface area contributed by atoms with Crippen LogP contribution in [0.15, 0.2) is 58.4 Å². The number of aromatic nitrogens is 1. The molecule has 0 radical (unpaired) electrons. The number of hydrogen-bond acceptors (Lipinski definition) is 4. The molecule has 3 rings (SSSR count). The first kappa shape index (κ1) is 16.7. The minimum absolute atomic E-state index is 0.0889. The van der Waals surface area contributed by atoms with E-state index in [1.807, 2.05) is 53.9 Å². The van der Waals surface area contributed by atoms with Gasteiger partial charge in [-0.3, -0.25) is 4.79 Å². The molecule has 0 aliphatic carbocycles. The van der Waals surface area contributed by atoms with Crippen LogP contribution in [-0.2, 0) is 11.2 Å². The number of methoxy groups -OCH3 is 1. The number of ether oxygens (including phenoxy) is 1. The van der Waals surface area contributed by atoms with Gasteiger partial charge in [-0.1, -0.05) is 40.2 Å². The van der Waals surface area contributed by atoms with Crippen molar-refractivity contribution in [1.29, 1.82) is 0 Å². The summed E-state index contributed by atoms with van der Waals surface area (Å²) >= 11 is 4.81. The second-order valence-electron chi connectivity index (χ2n) is 5.09. The third-order valence-corrected chi connectivity index (χ3v) is 4.64. The van der Waals surface area contributed by atoms with Crippen LogP contribution in [-0.4, -0.2) is 18.0 Å². The quantitative estimate of drug-likeness (QED) is 0.668. The Hall–Kier alpha value is -2.18. The summed E-state index contributed by atoms with van der Waals surface area (Å²) in [5.41, 5.74) is 2.64. The minimum atomic E-state index is -0.0889. The van der Waals surface area contributed by atoms with Gasteiger partial charge in [0, 0.05) is 15.4 Å². The van der Waals surface area contributed by atoms with Crippen molar-refractivity contribution >= 4 is 38.3 Å². The lowest BCUT2D eigenvalue weighted by atomic mass is 10.1. The topological polar surface area (TPSA) is 51.2 Å². The van der Waals surface area contributed by atoms with Crippen molar-refractivity contribution in [3.63, 3.8) is 0 Å². The Bertz CT molecular complexity index is 863. The molecule has 0 bridgehead atoms. The SMILES string of the molecule is COc1ccccc1-c1csc(NC(=O)Cc2cccc(Br)c2)n1. The summed E-state index contributed by atoms with van der Waals surface area (Å²) < 4.78 is 6.31. The average Bonchev–Trinajstić information content (AvgIpc) is 3.03. The van der Waals surface area contributed by atoms with Crippen molar-refractivity contribution in [3.05, 3.63) is 63.9 Å². The molecule has 1 heterocycles. The molecule has 0 saturated heterocycles. The number of carbonyl (C=O) groups excluding carboxylic acids is 1. The number of halogens is 1. The van der Waals surface area contributed by atoms with E-state index in [1.54, 1.807) is 7.11 Å².